The zero-order valence-electron chi connectivity index (χ0n) is 14.8. The molecule has 142 valence electrons. The van der Waals surface area contributed by atoms with Gasteiger partial charge in [0.25, 0.3) is 0 Å². The van der Waals surface area contributed by atoms with Crippen LogP contribution in [-0.4, -0.2) is 54.3 Å². The molecule has 3 rings (SSSR count). The van der Waals surface area contributed by atoms with Crippen molar-refractivity contribution in [2.75, 3.05) is 38.0 Å². The van der Waals surface area contributed by atoms with Crippen LogP contribution in [0, 0.1) is 0 Å². The molecule has 2 aromatic rings. The van der Waals surface area contributed by atoms with Crippen LogP contribution in [0.4, 0.5) is 5.69 Å². The van der Waals surface area contributed by atoms with Gasteiger partial charge in [-0.15, -0.1) is 0 Å². The number of hydrogen-bond acceptors (Lipinski definition) is 3. The molecule has 27 heavy (non-hydrogen) atoms. The third kappa shape index (κ3) is 5.70. The average Bonchev–Trinajstić information content (AvgIpc) is 2.66. The molecule has 0 unspecified atom stereocenters. The molecule has 0 bridgehead atoms. The molecule has 0 spiro atoms. The summed E-state index contributed by atoms with van der Waals surface area (Å²) in [4.78, 5) is 28.5. The number of nitrogens with zero attached hydrogens (tertiary/aromatic N) is 2. The van der Waals surface area contributed by atoms with Crippen molar-refractivity contribution in [3.8, 4) is 0 Å². The van der Waals surface area contributed by atoms with Gasteiger partial charge in [0.05, 0.1) is 23.7 Å². The van der Waals surface area contributed by atoms with Crippen molar-refractivity contribution in [2.24, 2.45) is 0 Å². The predicted octanol–water partition coefficient (Wildman–Crippen LogP) is 3.32. The Morgan fingerprint density at radius 3 is 2.26 bits per heavy atom. The Kier molecular flexibility index (Phi) is 6.72. The first-order chi connectivity index (χ1) is 13.0. The fourth-order valence-corrected chi connectivity index (χ4v) is 3.31. The maximum absolute atomic E-state index is 12.4. The number of anilines is 1. The zero-order chi connectivity index (χ0) is 19.2. The molecule has 0 aromatic heterocycles. The summed E-state index contributed by atoms with van der Waals surface area (Å²) in [5.74, 6) is -0.0125. The number of para-hydroxylation sites is 1. The van der Waals surface area contributed by atoms with Gasteiger partial charge < -0.3 is 10.2 Å². The van der Waals surface area contributed by atoms with Crippen LogP contribution in [0.3, 0.4) is 0 Å². The summed E-state index contributed by atoms with van der Waals surface area (Å²) in [5, 5.41) is 4.00. The molecule has 5 nitrogen and oxygen atoms in total. The second kappa shape index (κ2) is 9.22. The van der Waals surface area contributed by atoms with Gasteiger partial charge in [-0.1, -0.05) is 47.5 Å². The van der Waals surface area contributed by atoms with Gasteiger partial charge in [0.15, 0.2) is 0 Å². The molecule has 0 atom stereocenters. The van der Waals surface area contributed by atoms with Crippen molar-refractivity contribution in [1.29, 1.82) is 0 Å². The summed E-state index contributed by atoms with van der Waals surface area (Å²) in [5.41, 5.74) is 1.56. The Labute approximate surface area is 168 Å². The highest BCUT2D eigenvalue weighted by atomic mass is 35.5. The summed E-state index contributed by atoms with van der Waals surface area (Å²) in [6, 6.07) is 14.5. The molecule has 0 saturated carbocycles. The van der Waals surface area contributed by atoms with Crippen LogP contribution in [-0.2, 0) is 16.0 Å². The van der Waals surface area contributed by atoms with E-state index >= 15 is 0 Å². The first-order valence-corrected chi connectivity index (χ1v) is 9.56. The largest absolute Gasteiger partial charge is 0.340 e. The first-order valence-electron chi connectivity index (χ1n) is 8.80. The fraction of sp³-hybridized carbons (Fsp3) is 0.300. The second-order valence-corrected chi connectivity index (χ2v) is 7.33. The Morgan fingerprint density at radius 1 is 0.926 bits per heavy atom. The molecule has 1 saturated heterocycles. The highest BCUT2D eigenvalue weighted by Gasteiger charge is 2.22. The van der Waals surface area contributed by atoms with Crippen LogP contribution in [0.1, 0.15) is 5.56 Å². The minimum absolute atomic E-state index is 0.0949. The Bertz CT molecular complexity index is 803. The van der Waals surface area contributed by atoms with Crippen LogP contribution in [0.5, 0.6) is 0 Å². The van der Waals surface area contributed by atoms with Crippen LogP contribution in [0.2, 0.25) is 10.0 Å². The van der Waals surface area contributed by atoms with Gasteiger partial charge in [-0.2, -0.15) is 0 Å². The van der Waals surface area contributed by atoms with E-state index in [1.54, 1.807) is 24.3 Å². The van der Waals surface area contributed by atoms with E-state index in [-0.39, 0.29) is 18.4 Å². The van der Waals surface area contributed by atoms with Crippen LogP contribution < -0.4 is 5.32 Å². The van der Waals surface area contributed by atoms with Crippen molar-refractivity contribution in [3.05, 3.63) is 64.1 Å². The predicted molar refractivity (Wildman–Crippen MR) is 108 cm³/mol. The van der Waals surface area contributed by atoms with E-state index in [1.165, 1.54) is 0 Å². The molecule has 2 aromatic carbocycles. The molecule has 1 aliphatic heterocycles. The summed E-state index contributed by atoms with van der Waals surface area (Å²) in [6.45, 7) is 2.85. The Hall–Kier alpha value is -2.08. The lowest BCUT2D eigenvalue weighted by Crippen LogP contribution is -2.50. The summed E-state index contributed by atoms with van der Waals surface area (Å²) in [7, 11) is 0. The van der Waals surface area contributed by atoms with Gasteiger partial charge in [0.2, 0.25) is 11.8 Å². The van der Waals surface area contributed by atoms with Crippen molar-refractivity contribution in [1.82, 2.24) is 9.80 Å². The number of carbonyl (C=O) groups is 2. The lowest BCUT2D eigenvalue weighted by atomic mass is 10.1. The van der Waals surface area contributed by atoms with Gasteiger partial charge >= 0.3 is 0 Å². The Morgan fingerprint density at radius 2 is 1.59 bits per heavy atom. The number of amides is 2. The number of rotatable bonds is 5. The van der Waals surface area contributed by atoms with E-state index in [1.807, 2.05) is 34.1 Å². The fourth-order valence-electron chi connectivity index (χ4n) is 3.00. The lowest BCUT2D eigenvalue weighted by Gasteiger charge is -2.34. The van der Waals surface area contributed by atoms with Crippen LogP contribution in [0.15, 0.2) is 48.5 Å². The summed E-state index contributed by atoms with van der Waals surface area (Å²) in [6.07, 6.45) is 0.365. The smallest absolute Gasteiger partial charge is 0.238 e. The maximum atomic E-state index is 12.4. The van der Waals surface area contributed by atoms with Crippen LogP contribution in [0.25, 0.3) is 0 Å². The van der Waals surface area contributed by atoms with E-state index < -0.39 is 0 Å². The molecule has 1 fully saturated rings. The van der Waals surface area contributed by atoms with E-state index in [9.17, 15) is 9.59 Å². The van der Waals surface area contributed by atoms with Gasteiger partial charge in [-0.25, -0.2) is 0 Å². The molecule has 0 aliphatic carbocycles. The Balaban J connectivity index is 1.44. The van der Waals surface area contributed by atoms with Crippen molar-refractivity contribution >= 4 is 40.7 Å². The topological polar surface area (TPSA) is 52.7 Å². The van der Waals surface area contributed by atoms with E-state index in [0.29, 0.717) is 48.3 Å². The average molecular weight is 406 g/mol. The van der Waals surface area contributed by atoms with E-state index in [2.05, 4.69) is 5.32 Å². The quantitative estimate of drug-likeness (QED) is 0.829. The van der Waals surface area contributed by atoms with Crippen molar-refractivity contribution in [2.45, 2.75) is 6.42 Å². The maximum Gasteiger partial charge on any atom is 0.238 e. The number of halogens is 2. The summed E-state index contributed by atoms with van der Waals surface area (Å²) >= 11 is 11.9. The lowest BCUT2D eigenvalue weighted by molar-refractivity contribution is -0.132. The first kappa shape index (κ1) is 19.7. The normalized spacial score (nSPS) is 14.8. The number of hydrogen-bond donors (Lipinski definition) is 1. The molecule has 7 heteroatoms. The zero-order valence-corrected chi connectivity index (χ0v) is 16.3. The van der Waals surface area contributed by atoms with Gasteiger partial charge in [-0.3, -0.25) is 14.5 Å². The van der Waals surface area contributed by atoms with Gasteiger partial charge in [0, 0.05) is 31.2 Å². The molecule has 2 amide bonds. The van der Waals surface area contributed by atoms with Crippen molar-refractivity contribution in [3.63, 3.8) is 0 Å². The molecule has 0 radical (unpaired) electrons. The van der Waals surface area contributed by atoms with Gasteiger partial charge in [-0.05, 0) is 29.8 Å². The summed E-state index contributed by atoms with van der Waals surface area (Å²) < 4.78 is 0. The number of nitrogens with one attached hydrogen (secondary N) is 1. The number of piperazine rings is 1. The van der Waals surface area contributed by atoms with Crippen LogP contribution >= 0.6 is 23.2 Å². The number of carbonyl (C=O) groups excluding carboxylic acids is 2. The third-order valence-corrected chi connectivity index (χ3v) is 5.09. The SMILES string of the molecule is O=C(CN1CCN(C(=O)Cc2ccc(Cl)cc2)CC1)Nc1ccccc1Cl. The molecular formula is C20H21Cl2N3O2. The molecule has 1 aliphatic rings. The van der Waals surface area contributed by atoms with Gasteiger partial charge in [0.1, 0.15) is 0 Å². The molecule has 1 heterocycles. The molecule has 1 N–H and O–H groups in total. The molecular weight excluding hydrogens is 385 g/mol. The monoisotopic (exact) mass is 405 g/mol. The minimum atomic E-state index is -0.107. The van der Waals surface area contributed by atoms with E-state index in [0.717, 1.165) is 5.56 Å². The van der Waals surface area contributed by atoms with Crippen molar-refractivity contribution < 1.29 is 9.59 Å². The third-order valence-electron chi connectivity index (χ3n) is 4.51. The highest BCUT2D eigenvalue weighted by molar-refractivity contribution is 6.33. The second-order valence-electron chi connectivity index (χ2n) is 6.49. The van der Waals surface area contributed by atoms with E-state index in [4.69, 9.17) is 23.2 Å². The minimum Gasteiger partial charge on any atom is -0.340 e. The highest BCUT2D eigenvalue weighted by Crippen LogP contribution is 2.20. The standard InChI is InChI=1S/C20H21Cl2N3O2/c21-16-7-5-15(6-8-16)13-20(27)25-11-9-24(10-12-25)14-19(26)23-18-4-2-1-3-17(18)22/h1-8H,9-14H2,(H,23,26). The number of benzene rings is 2.